The average molecular weight is 388 g/mol. The van der Waals surface area contributed by atoms with Crippen molar-refractivity contribution in [3.8, 4) is 0 Å². The predicted molar refractivity (Wildman–Crippen MR) is 113 cm³/mol. The van der Waals surface area contributed by atoms with Gasteiger partial charge in [-0.1, -0.05) is 57.8 Å². The van der Waals surface area contributed by atoms with Gasteiger partial charge in [-0.15, -0.1) is 0 Å². The van der Waals surface area contributed by atoms with E-state index >= 15 is 0 Å². The third-order valence-corrected chi connectivity index (χ3v) is 5.72. The standard InChI is InChI=1S/C23H37N3O2/c1-2-26(19-16-20-14-17-24-18-15-20)23(28)22(27)25-21-12-10-8-6-4-3-5-7-9-11-13-21/h14-15,17-18,21H,2-13,16,19H2,1H3,(H,25,27). The lowest BCUT2D eigenvalue weighted by atomic mass is 9.98. The fraction of sp³-hybridized carbons (Fsp3) is 0.696. The van der Waals surface area contributed by atoms with E-state index in [4.69, 9.17) is 0 Å². The molecule has 1 saturated carbocycles. The Bertz CT molecular complexity index is 564. The van der Waals surface area contributed by atoms with Gasteiger partial charge in [0, 0.05) is 31.5 Å². The van der Waals surface area contributed by atoms with E-state index in [2.05, 4.69) is 10.3 Å². The molecular formula is C23H37N3O2. The molecule has 1 heterocycles. The van der Waals surface area contributed by atoms with Crippen LogP contribution in [0.1, 0.15) is 83.1 Å². The molecule has 1 fully saturated rings. The summed E-state index contributed by atoms with van der Waals surface area (Å²) in [4.78, 5) is 30.9. The summed E-state index contributed by atoms with van der Waals surface area (Å²) < 4.78 is 0. The number of hydrogen-bond acceptors (Lipinski definition) is 3. The molecule has 0 radical (unpaired) electrons. The first-order valence-electron chi connectivity index (χ1n) is 11.2. The molecule has 0 aliphatic heterocycles. The minimum absolute atomic E-state index is 0.134. The highest BCUT2D eigenvalue weighted by Crippen LogP contribution is 2.17. The van der Waals surface area contributed by atoms with Crippen LogP contribution < -0.4 is 5.32 Å². The predicted octanol–water partition coefficient (Wildman–Crippen LogP) is 4.26. The first-order chi connectivity index (χ1) is 13.7. The largest absolute Gasteiger partial charge is 0.345 e. The normalized spacial score (nSPS) is 17.2. The number of nitrogens with one attached hydrogen (secondary N) is 1. The first-order valence-corrected chi connectivity index (χ1v) is 11.2. The quantitative estimate of drug-likeness (QED) is 0.768. The van der Waals surface area contributed by atoms with Crippen molar-refractivity contribution in [3.63, 3.8) is 0 Å². The Balaban J connectivity index is 1.83. The lowest BCUT2D eigenvalue weighted by Crippen LogP contribution is -2.47. The zero-order valence-electron chi connectivity index (χ0n) is 17.5. The van der Waals surface area contributed by atoms with Crippen LogP contribution in [0.3, 0.4) is 0 Å². The fourth-order valence-corrected chi connectivity index (χ4v) is 3.92. The van der Waals surface area contributed by atoms with Crippen LogP contribution in [-0.4, -0.2) is 40.8 Å². The number of carbonyl (C=O) groups excluding carboxylic acids is 2. The smallest absolute Gasteiger partial charge is 0.311 e. The van der Waals surface area contributed by atoms with Crippen LogP contribution in [0.15, 0.2) is 24.5 Å². The van der Waals surface area contributed by atoms with E-state index in [0.29, 0.717) is 13.1 Å². The third-order valence-electron chi connectivity index (χ3n) is 5.72. The van der Waals surface area contributed by atoms with Crippen molar-refractivity contribution >= 4 is 11.8 Å². The minimum atomic E-state index is -0.436. The van der Waals surface area contributed by atoms with E-state index in [1.807, 2.05) is 19.1 Å². The van der Waals surface area contributed by atoms with Crippen molar-refractivity contribution in [2.45, 2.75) is 90.0 Å². The van der Waals surface area contributed by atoms with Crippen LogP contribution >= 0.6 is 0 Å². The van der Waals surface area contributed by atoms with Crippen LogP contribution in [0.5, 0.6) is 0 Å². The fourth-order valence-electron chi connectivity index (χ4n) is 3.92. The van der Waals surface area contributed by atoms with E-state index < -0.39 is 11.8 Å². The molecule has 2 amide bonds. The van der Waals surface area contributed by atoms with E-state index in [1.54, 1.807) is 17.3 Å². The first kappa shape index (κ1) is 22.4. The molecule has 0 spiro atoms. The summed E-state index contributed by atoms with van der Waals surface area (Å²) in [5.74, 6) is -0.837. The molecule has 0 saturated heterocycles. The molecule has 0 unspecified atom stereocenters. The van der Waals surface area contributed by atoms with Crippen LogP contribution in [-0.2, 0) is 16.0 Å². The Kier molecular flexibility index (Phi) is 10.6. The SMILES string of the molecule is CCN(CCc1ccncc1)C(=O)C(=O)NC1CCCCCCCCCCC1. The number of carbonyl (C=O) groups is 2. The summed E-state index contributed by atoms with van der Waals surface area (Å²) >= 11 is 0. The van der Waals surface area contributed by atoms with Gasteiger partial charge in [-0.3, -0.25) is 14.6 Å². The summed E-state index contributed by atoms with van der Waals surface area (Å²) in [6.45, 7) is 3.02. The van der Waals surface area contributed by atoms with E-state index in [1.165, 1.54) is 44.9 Å². The second-order valence-corrected chi connectivity index (χ2v) is 7.92. The van der Waals surface area contributed by atoms with Gasteiger partial charge in [0.15, 0.2) is 0 Å². The average Bonchev–Trinajstić information content (AvgIpc) is 2.71. The van der Waals surface area contributed by atoms with Crippen molar-refractivity contribution in [2.75, 3.05) is 13.1 Å². The second-order valence-electron chi connectivity index (χ2n) is 7.92. The third kappa shape index (κ3) is 8.41. The van der Waals surface area contributed by atoms with Crippen molar-refractivity contribution in [1.29, 1.82) is 0 Å². The van der Waals surface area contributed by atoms with Crippen LogP contribution in [0.2, 0.25) is 0 Å². The summed E-state index contributed by atoms with van der Waals surface area (Å²) in [6, 6.07) is 4.03. The number of hydrogen-bond donors (Lipinski definition) is 1. The molecule has 1 aliphatic rings. The molecule has 156 valence electrons. The van der Waals surface area contributed by atoms with Crippen LogP contribution in [0.4, 0.5) is 0 Å². The highest BCUT2D eigenvalue weighted by molar-refractivity contribution is 6.35. The van der Waals surface area contributed by atoms with Gasteiger partial charge in [-0.05, 0) is 43.9 Å². The maximum Gasteiger partial charge on any atom is 0.311 e. The number of likely N-dealkylation sites (N-methyl/N-ethyl adjacent to an activating group) is 1. The van der Waals surface area contributed by atoms with E-state index in [-0.39, 0.29) is 6.04 Å². The van der Waals surface area contributed by atoms with Gasteiger partial charge >= 0.3 is 11.8 Å². The molecule has 0 aromatic carbocycles. The number of rotatable bonds is 5. The maximum atomic E-state index is 12.6. The van der Waals surface area contributed by atoms with Crippen LogP contribution in [0.25, 0.3) is 0 Å². The Morgan fingerprint density at radius 2 is 1.50 bits per heavy atom. The van der Waals surface area contributed by atoms with Gasteiger partial charge in [-0.2, -0.15) is 0 Å². The highest BCUT2D eigenvalue weighted by Gasteiger charge is 2.23. The highest BCUT2D eigenvalue weighted by atomic mass is 16.2. The number of aromatic nitrogens is 1. The summed E-state index contributed by atoms with van der Waals surface area (Å²) in [7, 11) is 0. The summed E-state index contributed by atoms with van der Waals surface area (Å²) in [6.07, 6.45) is 17.6. The lowest BCUT2D eigenvalue weighted by Gasteiger charge is -2.23. The van der Waals surface area contributed by atoms with Crippen LogP contribution in [0, 0.1) is 0 Å². The molecule has 28 heavy (non-hydrogen) atoms. The van der Waals surface area contributed by atoms with Crippen molar-refractivity contribution in [3.05, 3.63) is 30.1 Å². The molecule has 1 aliphatic carbocycles. The Hall–Kier alpha value is -1.91. The molecule has 0 bridgehead atoms. The number of nitrogens with zero attached hydrogens (tertiary/aromatic N) is 2. The van der Waals surface area contributed by atoms with Gasteiger partial charge in [0.1, 0.15) is 0 Å². The molecule has 5 heteroatoms. The zero-order chi connectivity index (χ0) is 20.0. The molecule has 1 N–H and O–H groups in total. The number of pyridine rings is 1. The maximum absolute atomic E-state index is 12.6. The van der Waals surface area contributed by atoms with Gasteiger partial charge in [0.05, 0.1) is 0 Å². The molecule has 0 atom stereocenters. The van der Waals surface area contributed by atoms with Gasteiger partial charge in [0.2, 0.25) is 0 Å². The Labute approximate surface area is 170 Å². The van der Waals surface area contributed by atoms with Crippen molar-refractivity contribution < 1.29 is 9.59 Å². The Morgan fingerprint density at radius 3 is 2.04 bits per heavy atom. The van der Waals surface area contributed by atoms with E-state index in [0.717, 1.165) is 37.7 Å². The Morgan fingerprint density at radius 1 is 0.964 bits per heavy atom. The van der Waals surface area contributed by atoms with Gasteiger partial charge < -0.3 is 10.2 Å². The minimum Gasteiger partial charge on any atom is -0.345 e. The monoisotopic (exact) mass is 387 g/mol. The van der Waals surface area contributed by atoms with Gasteiger partial charge in [-0.25, -0.2) is 0 Å². The molecule has 2 rings (SSSR count). The molecule has 1 aromatic heterocycles. The molecular weight excluding hydrogens is 350 g/mol. The zero-order valence-corrected chi connectivity index (χ0v) is 17.5. The summed E-state index contributed by atoms with van der Waals surface area (Å²) in [5.41, 5.74) is 1.13. The topological polar surface area (TPSA) is 62.3 Å². The summed E-state index contributed by atoms with van der Waals surface area (Å²) in [5, 5.41) is 3.04. The number of amides is 2. The lowest BCUT2D eigenvalue weighted by molar-refractivity contribution is -0.146. The van der Waals surface area contributed by atoms with E-state index in [9.17, 15) is 9.59 Å². The molecule has 1 aromatic rings. The van der Waals surface area contributed by atoms with Gasteiger partial charge in [0.25, 0.3) is 0 Å². The van der Waals surface area contributed by atoms with Crippen molar-refractivity contribution in [1.82, 2.24) is 15.2 Å². The second kappa shape index (κ2) is 13.3. The molecule has 5 nitrogen and oxygen atoms in total. The van der Waals surface area contributed by atoms with Crippen molar-refractivity contribution in [2.24, 2.45) is 0 Å².